The summed E-state index contributed by atoms with van der Waals surface area (Å²) >= 11 is 4.92. The van der Waals surface area contributed by atoms with E-state index in [1.807, 2.05) is 24.3 Å². The molecule has 0 spiro atoms. The minimum atomic E-state index is -0.347. The molecule has 1 atom stereocenters. The van der Waals surface area contributed by atoms with Gasteiger partial charge in [0.15, 0.2) is 0 Å². The highest BCUT2D eigenvalue weighted by Crippen LogP contribution is 2.19. The van der Waals surface area contributed by atoms with Crippen LogP contribution in [0.3, 0.4) is 0 Å². The standard InChI is InChI=1S/C14H18N2O3S/c1-18-11-5-3-2-4-10(11)8-13(17)16-6-7-19-12(9-16)14(15)20/h2-5,12H,6-9H2,1H3,(H2,15,20). The van der Waals surface area contributed by atoms with Crippen LogP contribution in [0.4, 0.5) is 0 Å². The van der Waals surface area contributed by atoms with Crippen LogP contribution in [-0.2, 0) is 16.0 Å². The molecule has 1 aromatic rings. The average molecular weight is 294 g/mol. The van der Waals surface area contributed by atoms with E-state index in [-0.39, 0.29) is 12.0 Å². The summed E-state index contributed by atoms with van der Waals surface area (Å²) in [4.78, 5) is 14.4. The van der Waals surface area contributed by atoms with Gasteiger partial charge in [0.05, 0.1) is 26.7 Å². The lowest BCUT2D eigenvalue weighted by atomic mass is 10.1. The zero-order valence-corrected chi connectivity index (χ0v) is 12.2. The summed E-state index contributed by atoms with van der Waals surface area (Å²) in [5, 5.41) is 0. The van der Waals surface area contributed by atoms with Gasteiger partial charge in [0, 0.05) is 12.1 Å². The van der Waals surface area contributed by atoms with Crippen LogP contribution in [0, 0.1) is 0 Å². The van der Waals surface area contributed by atoms with Gasteiger partial charge < -0.3 is 20.1 Å². The SMILES string of the molecule is COc1ccccc1CC(=O)N1CCOC(C(N)=S)C1. The van der Waals surface area contributed by atoms with Gasteiger partial charge in [-0.15, -0.1) is 0 Å². The maximum Gasteiger partial charge on any atom is 0.227 e. The molecule has 20 heavy (non-hydrogen) atoms. The number of ether oxygens (including phenoxy) is 2. The van der Waals surface area contributed by atoms with Crippen LogP contribution < -0.4 is 10.5 Å². The van der Waals surface area contributed by atoms with Gasteiger partial charge in [-0.2, -0.15) is 0 Å². The fourth-order valence-corrected chi connectivity index (χ4v) is 2.31. The molecule has 0 radical (unpaired) electrons. The predicted octanol–water partition coefficient (Wildman–Crippen LogP) is 0.751. The number of morpholine rings is 1. The highest BCUT2D eigenvalue weighted by Gasteiger charge is 2.26. The fraction of sp³-hybridized carbons (Fsp3) is 0.429. The Morgan fingerprint density at radius 3 is 3.00 bits per heavy atom. The zero-order chi connectivity index (χ0) is 14.5. The van der Waals surface area contributed by atoms with Crippen LogP contribution in [0.25, 0.3) is 0 Å². The van der Waals surface area contributed by atoms with Gasteiger partial charge in [0.25, 0.3) is 0 Å². The molecule has 1 aliphatic heterocycles. The number of para-hydroxylation sites is 1. The van der Waals surface area contributed by atoms with Gasteiger partial charge in [0.2, 0.25) is 5.91 Å². The first-order valence-corrected chi connectivity index (χ1v) is 6.83. The Bertz CT molecular complexity index is 507. The Morgan fingerprint density at radius 1 is 1.55 bits per heavy atom. The monoisotopic (exact) mass is 294 g/mol. The molecule has 1 heterocycles. The molecule has 0 aliphatic carbocycles. The molecule has 5 nitrogen and oxygen atoms in total. The molecule has 108 valence electrons. The Hall–Kier alpha value is -1.66. The molecule has 1 aromatic carbocycles. The van der Waals surface area contributed by atoms with E-state index in [2.05, 4.69) is 0 Å². The quantitative estimate of drug-likeness (QED) is 0.830. The maximum atomic E-state index is 12.3. The number of nitrogens with two attached hydrogens (primary N) is 1. The summed E-state index contributed by atoms with van der Waals surface area (Å²) in [5.74, 6) is 0.749. The highest BCUT2D eigenvalue weighted by atomic mass is 32.1. The first-order chi connectivity index (χ1) is 9.61. The number of hydrogen-bond acceptors (Lipinski definition) is 4. The van der Waals surface area contributed by atoms with Crippen LogP contribution in [-0.4, -0.2) is 48.7 Å². The van der Waals surface area contributed by atoms with Gasteiger partial charge in [-0.05, 0) is 6.07 Å². The zero-order valence-electron chi connectivity index (χ0n) is 11.4. The first-order valence-electron chi connectivity index (χ1n) is 6.42. The maximum absolute atomic E-state index is 12.3. The van der Waals surface area contributed by atoms with E-state index >= 15 is 0 Å². The lowest BCUT2D eigenvalue weighted by molar-refractivity contribution is -0.135. The summed E-state index contributed by atoms with van der Waals surface area (Å²) in [6.45, 7) is 1.44. The van der Waals surface area contributed by atoms with Crippen molar-refractivity contribution in [1.29, 1.82) is 0 Å². The van der Waals surface area contributed by atoms with Gasteiger partial charge in [-0.3, -0.25) is 4.79 Å². The third-order valence-electron chi connectivity index (χ3n) is 3.27. The number of thiocarbonyl (C=S) groups is 1. The molecule has 6 heteroatoms. The van der Waals surface area contributed by atoms with Gasteiger partial charge in [0.1, 0.15) is 16.8 Å². The topological polar surface area (TPSA) is 64.8 Å². The van der Waals surface area contributed by atoms with Gasteiger partial charge in [-0.1, -0.05) is 30.4 Å². The van der Waals surface area contributed by atoms with E-state index in [4.69, 9.17) is 27.4 Å². The lowest BCUT2D eigenvalue weighted by Crippen LogP contribution is -2.50. The molecule has 1 saturated heterocycles. The largest absolute Gasteiger partial charge is 0.496 e. The number of amides is 1. The van der Waals surface area contributed by atoms with Gasteiger partial charge in [-0.25, -0.2) is 0 Å². The van der Waals surface area contributed by atoms with Crippen molar-refractivity contribution in [3.8, 4) is 5.75 Å². The average Bonchev–Trinajstić information content (AvgIpc) is 2.48. The molecule has 0 saturated carbocycles. The highest BCUT2D eigenvalue weighted by molar-refractivity contribution is 7.80. The van der Waals surface area contributed by atoms with Crippen molar-refractivity contribution in [2.45, 2.75) is 12.5 Å². The van der Waals surface area contributed by atoms with Crippen molar-refractivity contribution in [2.75, 3.05) is 26.8 Å². The molecule has 1 unspecified atom stereocenters. The van der Waals surface area contributed by atoms with E-state index in [0.717, 1.165) is 11.3 Å². The number of nitrogens with zero attached hydrogens (tertiary/aromatic N) is 1. The van der Waals surface area contributed by atoms with Crippen molar-refractivity contribution < 1.29 is 14.3 Å². The lowest BCUT2D eigenvalue weighted by Gasteiger charge is -2.32. The number of carbonyl (C=O) groups excluding carboxylic acids is 1. The minimum absolute atomic E-state index is 0.0269. The van der Waals surface area contributed by atoms with E-state index in [9.17, 15) is 4.79 Å². The summed E-state index contributed by atoms with van der Waals surface area (Å²) in [6.07, 6.45) is -0.0472. The summed E-state index contributed by atoms with van der Waals surface area (Å²) in [5.41, 5.74) is 6.45. The fourth-order valence-electron chi connectivity index (χ4n) is 2.17. The summed E-state index contributed by atoms with van der Waals surface area (Å²) < 4.78 is 10.7. The summed E-state index contributed by atoms with van der Waals surface area (Å²) in [6, 6.07) is 7.51. The molecular weight excluding hydrogens is 276 g/mol. The molecular formula is C14H18N2O3S. The second-order valence-corrected chi connectivity index (χ2v) is 5.06. The molecule has 0 bridgehead atoms. The molecule has 1 aliphatic rings. The molecule has 1 amide bonds. The second kappa shape index (κ2) is 6.67. The van der Waals surface area contributed by atoms with Crippen LogP contribution in [0.2, 0.25) is 0 Å². The van der Waals surface area contributed by atoms with E-state index < -0.39 is 0 Å². The number of methoxy groups -OCH3 is 1. The van der Waals surface area contributed by atoms with Crippen LogP contribution in [0.15, 0.2) is 24.3 Å². The number of hydrogen-bond donors (Lipinski definition) is 1. The van der Waals surface area contributed by atoms with Crippen molar-refractivity contribution >= 4 is 23.1 Å². The van der Waals surface area contributed by atoms with E-state index in [1.54, 1.807) is 12.0 Å². The molecule has 1 fully saturated rings. The molecule has 2 rings (SSSR count). The van der Waals surface area contributed by atoms with Crippen LogP contribution in [0.1, 0.15) is 5.56 Å². The normalized spacial score (nSPS) is 18.6. The van der Waals surface area contributed by atoms with Crippen LogP contribution in [0.5, 0.6) is 5.75 Å². The Labute approximate surface area is 123 Å². The summed E-state index contributed by atoms with van der Waals surface area (Å²) in [7, 11) is 1.60. The Kier molecular flexibility index (Phi) is 4.92. The van der Waals surface area contributed by atoms with Crippen molar-refractivity contribution in [3.63, 3.8) is 0 Å². The third kappa shape index (κ3) is 3.46. The number of benzene rings is 1. The van der Waals surface area contributed by atoms with Gasteiger partial charge >= 0.3 is 0 Å². The first kappa shape index (κ1) is 14.7. The van der Waals surface area contributed by atoms with E-state index in [0.29, 0.717) is 31.1 Å². The third-order valence-corrected chi connectivity index (χ3v) is 3.53. The Morgan fingerprint density at radius 2 is 2.30 bits per heavy atom. The second-order valence-electron chi connectivity index (χ2n) is 4.59. The Balaban J connectivity index is 2.02. The number of carbonyl (C=O) groups is 1. The molecule has 0 aromatic heterocycles. The van der Waals surface area contributed by atoms with Crippen molar-refractivity contribution in [3.05, 3.63) is 29.8 Å². The smallest absolute Gasteiger partial charge is 0.227 e. The predicted molar refractivity (Wildman–Crippen MR) is 79.8 cm³/mol. The van der Waals surface area contributed by atoms with Crippen molar-refractivity contribution in [1.82, 2.24) is 4.90 Å². The van der Waals surface area contributed by atoms with Crippen molar-refractivity contribution in [2.24, 2.45) is 5.73 Å². The number of rotatable bonds is 4. The van der Waals surface area contributed by atoms with E-state index in [1.165, 1.54) is 0 Å². The minimum Gasteiger partial charge on any atom is -0.496 e. The van der Waals surface area contributed by atoms with Crippen LogP contribution >= 0.6 is 12.2 Å². The molecule has 2 N–H and O–H groups in total.